The molecule has 1 heterocycles. The molecular weight excluding hydrogens is 296 g/mol. The summed E-state index contributed by atoms with van der Waals surface area (Å²) in [4.78, 5) is 0.831. The molecule has 7 heteroatoms. The van der Waals surface area contributed by atoms with Crippen molar-refractivity contribution >= 4 is 27.0 Å². The summed E-state index contributed by atoms with van der Waals surface area (Å²) in [5.41, 5.74) is 6.02. The highest BCUT2D eigenvalue weighted by Gasteiger charge is 2.25. The average molecular weight is 312 g/mol. The summed E-state index contributed by atoms with van der Waals surface area (Å²) in [6, 6.07) is 10.3. The SMILES string of the molecule is COc1ccccc1N(C)S(=O)(=O)c1ccc(CN)s1. The third-order valence-electron chi connectivity index (χ3n) is 2.88. The van der Waals surface area contributed by atoms with Gasteiger partial charge in [0.1, 0.15) is 9.96 Å². The Labute approximate surface area is 122 Å². The maximum atomic E-state index is 12.6. The van der Waals surface area contributed by atoms with E-state index in [2.05, 4.69) is 0 Å². The maximum absolute atomic E-state index is 12.6. The molecule has 0 aliphatic carbocycles. The van der Waals surface area contributed by atoms with Crippen molar-refractivity contribution in [1.29, 1.82) is 0 Å². The monoisotopic (exact) mass is 312 g/mol. The van der Waals surface area contributed by atoms with Gasteiger partial charge in [0.15, 0.2) is 0 Å². The molecule has 2 rings (SSSR count). The summed E-state index contributed by atoms with van der Waals surface area (Å²) in [6.45, 7) is 0.332. The Balaban J connectivity index is 2.43. The molecule has 0 spiro atoms. The van der Waals surface area contributed by atoms with Gasteiger partial charge in [-0.3, -0.25) is 4.31 Å². The smallest absolute Gasteiger partial charge is 0.273 e. The topological polar surface area (TPSA) is 72.6 Å². The minimum Gasteiger partial charge on any atom is -0.495 e. The van der Waals surface area contributed by atoms with Crippen LogP contribution in [0, 0.1) is 0 Å². The van der Waals surface area contributed by atoms with Crippen LogP contribution in [0.25, 0.3) is 0 Å². The molecule has 0 saturated heterocycles. The van der Waals surface area contributed by atoms with Crippen molar-refractivity contribution in [3.05, 3.63) is 41.3 Å². The number of ether oxygens (including phenoxy) is 1. The predicted molar refractivity (Wildman–Crippen MR) is 80.8 cm³/mol. The first kappa shape index (κ1) is 14.8. The number of sulfonamides is 1. The van der Waals surface area contributed by atoms with Crippen LogP contribution in [0.5, 0.6) is 5.75 Å². The van der Waals surface area contributed by atoms with Crippen molar-refractivity contribution in [2.75, 3.05) is 18.5 Å². The van der Waals surface area contributed by atoms with Crippen LogP contribution in [0.1, 0.15) is 4.88 Å². The fourth-order valence-electron chi connectivity index (χ4n) is 1.76. The number of thiophene rings is 1. The summed E-state index contributed by atoms with van der Waals surface area (Å²) in [6.07, 6.45) is 0. The standard InChI is InChI=1S/C13H16N2O3S2/c1-15(11-5-3-4-6-12(11)18-2)20(16,17)13-8-7-10(9-14)19-13/h3-8H,9,14H2,1-2H3. The molecule has 0 bridgehead atoms. The van der Waals surface area contributed by atoms with Gasteiger partial charge in [-0.15, -0.1) is 11.3 Å². The molecule has 2 N–H and O–H groups in total. The van der Waals surface area contributed by atoms with E-state index in [0.29, 0.717) is 18.0 Å². The zero-order valence-corrected chi connectivity index (χ0v) is 12.9. The van der Waals surface area contributed by atoms with Crippen LogP contribution in [0.15, 0.2) is 40.6 Å². The van der Waals surface area contributed by atoms with E-state index in [1.165, 1.54) is 29.8 Å². The largest absolute Gasteiger partial charge is 0.495 e. The third-order valence-corrected chi connectivity index (χ3v) is 6.22. The maximum Gasteiger partial charge on any atom is 0.273 e. The molecule has 0 aliphatic rings. The van der Waals surface area contributed by atoms with Gasteiger partial charge in [0.2, 0.25) is 0 Å². The number of hydrogen-bond acceptors (Lipinski definition) is 5. The van der Waals surface area contributed by atoms with Gasteiger partial charge in [0.25, 0.3) is 10.0 Å². The number of rotatable bonds is 5. The summed E-state index contributed by atoms with van der Waals surface area (Å²) >= 11 is 1.18. The summed E-state index contributed by atoms with van der Waals surface area (Å²) < 4.78 is 31.8. The third kappa shape index (κ3) is 2.65. The Morgan fingerprint density at radius 3 is 2.55 bits per heavy atom. The van der Waals surface area contributed by atoms with Gasteiger partial charge >= 0.3 is 0 Å². The van der Waals surface area contributed by atoms with Crippen molar-refractivity contribution in [2.24, 2.45) is 5.73 Å². The van der Waals surface area contributed by atoms with Crippen molar-refractivity contribution in [2.45, 2.75) is 10.8 Å². The molecule has 2 aromatic rings. The minimum atomic E-state index is -3.60. The lowest BCUT2D eigenvalue weighted by Crippen LogP contribution is -2.26. The first-order chi connectivity index (χ1) is 9.50. The number of benzene rings is 1. The molecular formula is C13H16N2O3S2. The quantitative estimate of drug-likeness (QED) is 0.917. The van der Waals surface area contributed by atoms with Gasteiger partial charge in [-0.05, 0) is 24.3 Å². The van der Waals surface area contributed by atoms with Gasteiger partial charge < -0.3 is 10.5 Å². The number of anilines is 1. The van der Waals surface area contributed by atoms with Gasteiger partial charge in [-0.25, -0.2) is 8.42 Å². The van der Waals surface area contributed by atoms with E-state index in [-0.39, 0.29) is 4.21 Å². The van der Waals surface area contributed by atoms with Crippen LogP contribution in [0.2, 0.25) is 0 Å². The first-order valence-electron chi connectivity index (χ1n) is 5.91. The molecule has 0 amide bonds. The van der Waals surface area contributed by atoms with Crippen molar-refractivity contribution in [3.8, 4) is 5.75 Å². The van der Waals surface area contributed by atoms with Crippen LogP contribution in [0.4, 0.5) is 5.69 Å². The lowest BCUT2D eigenvalue weighted by Gasteiger charge is -2.20. The predicted octanol–water partition coefficient (Wildman–Crippen LogP) is 2.04. The van der Waals surface area contributed by atoms with Crippen LogP contribution in [-0.2, 0) is 16.6 Å². The number of nitrogens with zero attached hydrogens (tertiary/aromatic N) is 1. The van der Waals surface area contributed by atoms with Gasteiger partial charge in [-0.2, -0.15) is 0 Å². The summed E-state index contributed by atoms with van der Waals surface area (Å²) in [5.74, 6) is 0.508. The second-order valence-corrected chi connectivity index (χ2v) is 7.43. The molecule has 1 aromatic heterocycles. The highest BCUT2D eigenvalue weighted by molar-refractivity contribution is 7.94. The van der Waals surface area contributed by atoms with E-state index in [1.54, 1.807) is 36.4 Å². The molecule has 20 heavy (non-hydrogen) atoms. The van der Waals surface area contributed by atoms with Gasteiger partial charge in [0.05, 0.1) is 12.8 Å². The fourth-order valence-corrected chi connectivity index (χ4v) is 4.37. The Hall–Kier alpha value is -1.57. The van der Waals surface area contributed by atoms with Gasteiger partial charge in [0, 0.05) is 18.5 Å². The van der Waals surface area contributed by atoms with Crippen LogP contribution in [-0.4, -0.2) is 22.6 Å². The fraction of sp³-hybridized carbons (Fsp3) is 0.231. The van der Waals surface area contributed by atoms with Crippen molar-refractivity contribution < 1.29 is 13.2 Å². The minimum absolute atomic E-state index is 0.270. The van der Waals surface area contributed by atoms with E-state index >= 15 is 0 Å². The number of nitrogens with two attached hydrogens (primary N) is 1. The first-order valence-corrected chi connectivity index (χ1v) is 8.17. The van der Waals surface area contributed by atoms with Crippen LogP contribution < -0.4 is 14.8 Å². The number of para-hydroxylation sites is 2. The lowest BCUT2D eigenvalue weighted by molar-refractivity contribution is 0.416. The Kier molecular flexibility index (Phi) is 4.32. The molecule has 1 aromatic carbocycles. The Bertz CT molecular complexity index is 695. The molecule has 0 atom stereocenters. The molecule has 0 radical (unpaired) electrons. The molecule has 0 saturated carbocycles. The van der Waals surface area contributed by atoms with Crippen LogP contribution >= 0.6 is 11.3 Å². The zero-order valence-electron chi connectivity index (χ0n) is 11.2. The molecule has 0 unspecified atom stereocenters. The van der Waals surface area contributed by atoms with Crippen LogP contribution in [0.3, 0.4) is 0 Å². The second kappa shape index (κ2) is 5.82. The molecule has 5 nitrogen and oxygen atoms in total. The average Bonchev–Trinajstić information content (AvgIpc) is 2.96. The van der Waals surface area contributed by atoms with E-state index in [1.807, 2.05) is 0 Å². The Morgan fingerprint density at radius 1 is 1.25 bits per heavy atom. The summed E-state index contributed by atoms with van der Waals surface area (Å²) in [5, 5.41) is 0. The second-order valence-electron chi connectivity index (χ2n) is 4.07. The highest BCUT2D eigenvalue weighted by atomic mass is 32.2. The van der Waals surface area contributed by atoms with E-state index in [0.717, 1.165) is 4.88 Å². The molecule has 0 aliphatic heterocycles. The zero-order chi connectivity index (χ0) is 14.8. The molecule has 0 fully saturated rings. The summed E-state index contributed by atoms with van der Waals surface area (Å²) in [7, 11) is -0.578. The molecule has 108 valence electrons. The highest BCUT2D eigenvalue weighted by Crippen LogP contribution is 2.32. The van der Waals surface area contributed by atoms with Crippen molar-refractivity contribution in [3.63, 3.8) is 0 Å². The van der Waals surface area contributed by atoms with E-state index in [4.69, 9.17) is 10.5 Å². The normalized spacial score (nSPS) is 11.3. The van der Waals surface area contributed by atoms with Gasteiger partial charge in [-0.1, -0.05) is 12.1 Å². The number of hydrogen-bond donors (Lipinski definition) is 1. The number of methoxy groups -OCH3 is 1. The lowest BCUT2D eigenvalue weighted by atomic mass is 10.3. The van der Waals surface area contributed by atoms with Crippen molar-refractivity contribution in [1.82, 2.24) is 0 Å². The van der Waals surface area contributed by atoms with E-state index < -0.39 is 10.0 Å². The van der Waals surface area contributed by atoms with E-state index in [9.17, 15) is 8.42 Å². The Morgan fingerprint density at radius 2 is 1.95 bits per heavy atom.